The van der Waals surface area contributed by atoms with Crippen molar-refractivity contribution in [2.75, 3.05) is 57.9 Å². The van der Waals surface area contributed by atoms with Gasteiger partial charge >= 0.3 is 18.2 Å². The van der Waals surface area contributed by atoms with Crippen LogP contribution in [0.5, 0.6) is 11.5 Å². The van der Waals surface area contributed by atoms with Gasteiger partial charge in [-0.2, -0.15) is 13.2 Å². The van der Waals surface area contributed by atoms with Crippen molar-refractivity contribution in [2.24, 2.45) is 0 Å². The number of benzene rings is 3. The molecule has 1 fully saturated rings. The third kappa shape index (κ3) is 11.8. The van der Waals surface area contributed by atoms with Crippen molar-refractivity contribution in [3.8, 4) is 11.5 Å². The number of anilines is 1. The van der Waals surface area contributed by atoms with E-state index < -0.39 is 17.7 Å². The topological polar surface area (TPSA) is 98.8 Å². The van der Waals surface area contributed by atoms with Gasteiger partial charge < -0.3 is 38.8 Å². The number of alkyl halides is 3. The maximum Gasteiger partial charge on any atom is 0.471 e. The third-order valence-corrected chi connectivity index (χ3v) is 9.42. The summed E-state index contributed by atoms with van der Waals surface area (Å²) in [5, 5.41) is 1.97. The molecule has 10 nitrogen and oxygen atoms in total. The largest absolute Gasteiger partial charge is 0.496 e. The summed E-state index contributed by atoms with van der Waals surface area (Å²) in [6.45, 7) is 9.00. The summed E-state index contributed by atoms with van der Waals surface area (Å²) in [5.74, 6) is -0.371. The van der Waals surface area contributed by atoms with Crippen molar-refractivity contribution in [3.63, 3.8) is 0 Å². The fourth-order valence-corrected chi connectivity index (χ4v) is 6.75. The quantitative estimate of drug-likeness (QED) is 0.160. The molecular formula is C41H52F3N3O7. The Balaban J connectivity index is 1.19. The molecule has 13 heteroatoms. The number of nitrogens with one attached hydrogen (secondary N) is 1. The van der Waals surface area contributed by atoms with Crippen molar-refractivity contribution in [2.45, 2.75) is 83.5 Å². The molecule has 3 aromatic rings. The van der Waals surface area contributed by atoms with Crippen LogP contribution in [0.15, 0.2) is 66.7 Å². The van der Waals surface area contributed by atoms with Crippen LogP contribution >= 0.6 is 0 Å². The van der Waals surface area contributed by atoms with Crippen molar-refractivity contribution >= 4 is 17.7 Å². The lowest BCUT2D eigenvalue weighted by molar-refractivity contribution is -0.173. The lowest BCUT2D eigenvalue weighted by atomic mass is 9.87. The molecular weight excluding hydrogens is 703 g/mol. The molecule has 0 saturated carbocycles. The number of rotatable bonds is 15. The standard InChI is InChI=1S/C41H52F3N3O7/c1-40(2,3)54-39(49)47-21-18-34(30-14-16-33(17-15-30)52-24-8-23-51-28-32-9-5-6-11-36(32)50-4)37(26-47)53-27-29-12-13-31-10-7-20-46(35(31)25-29)22-19-45-38(48)41(42,43)44/h5-6,9,11-17,25,34,37H,7-8,10,18-24,26-28H2,1-4H3,(H,45,48)/t34-,37+/m1/s1. The van der Waals surface area contributed by atoms with Crippen molar-refractivity contribution in [3.05, 3.63) is 89.0 Å². The van der Waals surface area contributed by atoms with E-state index in [1.165, 1.54) is 0 Å². The van der Waals surface area contributed by atoms with Gasteiger partial charge in [0.15, 0.2) is 0 Å². The van der Waals surface area contributed by atoms with Crippen LogP contribution < -0.4 is 19.7 Å². The predicted octanol–water partition coefficient (Wildman–Crippen LogP) is 7.42. The van der Waals surface area contributed by atoms with Gasteiger partial charge in [-0.1, -0.05) is 42.5 Å². The average Bonchev–Trinajstić information content (AvgIpc) is 3.14. The van der Waals surface area contributed by atoms with Gasteiger partial charge in [0, 0.05) is 49.8 Å². The minimum Gasteiger partial charge on any atom is -0.496 e. The normalized spacial score (nSPS) is 17.5. The van der Waals surface area contributed by atoms with Gasteiger partial charge in [-0.15, -0.1) is 0 Å². The number of halogens is 3. The summed E-state index contributed by atoms with van der Waals surface area (Å²) in [5.41, 5.74) is 4.38. The second-order valence-corrected chi connectivity index (χ2v) is 14.6. The van der Waals surface area contributed by atoms with Crippen molar-refractivity contribution < 1.29 is 46.4 Å². The number of piperidine rings is 1. The van der Waals surface area contributed by atoms with E-state index in [1.54, 1.807) is 12.0 Å². The van der Waals surface area contributed by atoms with E-state index in [0.717, 1.165) is 58.7 Å². The summed E-state index contributed by atoms with van der Waals surface area (Å²) in [6, 6.07) is 21.8. The Kier molecular flexibility index (Phi) is 14.1. The smallest absolute Gasteiger partial charge is 0.471 e. The first-order valence-corrected chi connectivity index (χ1v) is 18.5. The summed E-state index contributed by atoms with van der Waals surface area (Å²) < 4.78 is 67.6. The van der Waals surface area contributed by atoms with Crippen molar-refractivity contribution in [1.29, 1.82) is 0 Å². The van der Waals surface area contributed by atoms with E-state index in [-0.39, 0.29) is 37.8 Å². The van der Waals surface area contributed by atoms with Gasteiger partial charge in [-0.25, -0.2) is 4.79 Å². The lowest BCUT2D eigenvalue weighted by Crippen LogP contribution is -2.48. The number of carbonyl (C=O) groups excluding carboxylic acids is 2. The van der Waals surface area contributed by atoms with Crippen LogP contribution in [0.25, 0.3) is 0 Å². The van der Waals surface area contributed by atoms with Crippen LogP contribution in [0.1, 0.15) is 68.2 Å². The van der Waals surface area contributed by atoms with Crippen LogP contribution in [-0.4, -0.2) is 87.8 Å². The van der Waals surface area contributed by atoms with Crippen LogP contribution in [0, 0.1) is 0 Å². The number of nitrogens with zero attached hydrogens (tertiary/aromatic N) is 2. The maximum atomic E-state index is 13.1. The second kappa shape index (κ2) is 18.7. The van der Waals surface area contributed by atoms with Crippen LogP contribution in [0.4, 0.5) is 23.7 Å². The average molecular weight is 756 g/mol. The summed E-state index contributed by atoms with van der Waals surface area (Å²) in [6.07, 6.45) is -2.50. The molecule has 294 valence electrons. The number of para-hydroxylation sites is 1. The van der Waals surface area contributed by atoms with Gasteiger partial charge in [0.2, 0.25) is 0 Å². The summed E-state index contributed by atoms with van der Waals surface area (Å²) >= 11 is 0. The zero-order valence-corrected chi connectivity index (χ0v) is 31.6. The van der Waals surface area contributed by atoms with E-state index in [1.807, 2.05) is 97.7 Å². The summed E-state index contributed by atoms with van der Waals surface area (Å²) in [7, 11) is 1.65. The first-order chi connectivity index (χ1) is 25.8. The Morgan fingerprint density at radius 2 is 1.72 bits per heavy atom. The molecule has 0 radical (unpaired) electrons. The maximum absolute atomic E-state index is 13.1. The molecule has 54 heavy (non-hydrogen) atoms. The molecule has 0 unspecified atom stereocenters. The van der Waals surface area contributed by atoms with E-state index in [2.05, 4.69) is 0 Å². The minimum atomic E-state index is -4.91. The molecule has 0 bridgehead atoms. The number of fused-ring (bicyclic) bond motifs is 1. The number of hydrogen-bond acceptors (Lipinski definition) is 8. The van der Waals surface area contributed by atoms with Gasteiger partial charge in [-0.3, -0.25) is 4.79 Å². The molecule has 0 aliphatic carbocycles. The first kappa shape index (κ1) is 40.7. The molecule has 1 saturated heterocycles. The van der Waals surface area contributed by atoms with E-state index in [9.17, 15) is 22.8 Å². The molecule has 3 aromatic carbocycles. The van der Waals surface area contributed by atoms with Gasteiger partial charge in [0.25, 0.3) is 0 Å². The zero-order chi connectivity index (χ0) is 38.7. The van der Waals surface area contributed by atoms with Crippen LogP contribution in [-0.2, 0) is 38.6 Å². The predicted molar refractivity (Wildman–Crippen MR) is 199 cm³/mol. The van der Waals surface area contributed by atoms with Crippen LogP contribution in [0.2, 0.25) is 0 Å². The van der Waals surface area contributed by atoms with Gasteiger partial charge in [0.05, 0.1) is 46.2 Å². The van der Waals surface area contributed by atoms with Crippen molar-refractivity contribution in [1.82, 2.24) is 10.2 Å². The molecule has 2 amide bonds. The number of hydrogen-bond donors (Lipinski definition) is 1. The monoisotopic (exact) mass is 755 g/mol. The number of methoxy groups -OCH3 is 1. The molecule has 0 spiro atoms. The molecule has 2 heterocycles. The SMILES string of the molecule is COc1ccccc1COCCCOc1ccc([C@H]2CCN(C(=O)OC(C)(C)C)C[C@@H]2OCc2ccc3c(c2)N(CCNC(=O)C(F)(F)F)CCC3)cc1. The minimum absolute atomic E-state index is 0.00693. The summed E-state index contributed by atoms with van der Waals surface area (Å²) in [4.78, 5) is 28.1. The zero-order valence-electron chi connectivity index (χ0n) is 31.6. The van der Waals surface area contributed by atoms with Gasteiger partial charge in [0.1, 0.15) is 17.1 Å². The Morgan fingerprint density at radius 3 is 2.46 bits per heavy atom. The third-order valence-electron chi connectivity index (χ3n) is 9.42. The van der Waals surface area contributed by atoms with Gasteiger partial charge in [-0.05, 0) is 81.0 Å². The number of ether oxygens (including phenoxy) is 5. The molecule has 2 atom stereocenters. The Bertz CT molecular complexity index is 1680. The molecule has 2 aliphatic heterocycles. The van der Waals surface area contributed by atoms with E-state index >= 15 is 0 Å². The number of amides is 2. The fourth-order valence-electron chi connectivity index (χ4n) is 6.75. The highest BCUT2D eigenvalue weighted by atomic mass is 19.4. The molecule has 0 aromatic heterocycles. The number of carbonyl (C=O) groups is 2. The first-order valence-electron chi connectivity index (χ1n) is 18.5. The molecule has 5 rings (SSSR count). The fraction of sp³-hybridized carbons (Fsp3) is 0.512. The molecule has 1 N–H and O–H groups in total. The lowest BCUT2D eigenvalue weighted by Gasteiger charge is -2.39. The Morgan fingerprint density at radius 1 is 0.944 bits per heavy atom. The Labute approximate surface area is 315 Å². The second-order valence-electron chi connectivity index (χ2n) is 14.6. The van der Waals surface area contributed by atoms with E-state index in [0.29, 0.717) is 45.9 Å². The highest BCUT2D eigenvalue weighted by Gasteiger charge is 2.38. The number of aryl methyl sites for hydroxylation is 1. The molecule has 2 aliphatic rings. The Hall–Kier alpha value is -4.49. The van der Waals surface area contributed by atoms with Crippen LogP contribution in [0.3, 0.4) is 0 Å². The van der Waals surface area contributed by atoms with E-state index in [4.69, 9.17) is 23.7 Å². The highest BCUT2D eigenvalue weighted by molar-refractivity contribution is 5.81. The highest BCUT2D eigenvalue weighted by Crippen LogP contribution is 2.34. The number of likely N-dealkylation sites (tertiary alicyclic amines) is 1.